The van der Waals surface area contributed by atoms with Crippen LogP contribution in [-0.4, -0.2) is 38.1 Å². The van der Waals surface area contributed by atoms with E-state index in [4.69, 9.17) is 9.47 Å². The second kappa shape index (κ2) is 8.87. The van der Waals surface area contributed by atoms with E-state index < -0.39 is 0 Å². The maximum absolute atomic E-state index is 12.5. The topological polar surface area (TPSA) is 50.8 Å². The molecule has 0 heterocycles. The van der Waals surface area contributed by atoms with Crippen molar-refractivity contribution in [3.8, 4) is 11.5 Å². The molecule has 5 nitrogen and oxygen atoms in total. The van der Waals surface area contributed by atoms with Crippen molar-refractivity contribution in [1.29, 1.82) is 0 Å². The van der Waals surface area contributed by atoms with Gasteiger partial charge in [0.1, 0.15) is 11.5 Å². The average Bonchev–Trinajstić information content (AvgIpc) is 2.61. The Hall–Kier alpha value is -2.05. The van der Waals surface area contributed by atoms with Crippen LogP contribution in [0.4, 0.5) is 5.69 Å². The number of nitrogens with zero attached hydrogens (tertiary/aromatic N) is 1. The number of halogens is 1. The molecular weight excluding hydrogens is 384 g/mol. The lowest BCUT2D eigenvalue weighted by molar-refractivity contribution is -0.120. The summed E-state index contributed by atoms with van der Waals surface area (Å²) in [5.41, 5.74) is 1.76. The second-order valence-electron chi connectivity index (χ2n) is 5.77. The average molecular weight is 407 g/mol. The Kier molecular flexibility index (Phi) is 6.84. The number of amides is 1. The highest BCUT2D eigenvalue weighted by Crippen LogP contribution is 2.26. The van der Waals surface area contributed by atoms with Gasteiger partial charge in [-0.25, -0.2) is 0 Å². The van der Waals surface area contributed by atoms with E-state index in [0.29, 0.717) is 6.54 Å². The van der Waals surface area contributed by atoms with Gasteiger partial charge in [0, 0.05) is 28.3 Å². The number of ether oxygens (including phenoxy) is 2. The molecule has 2 rings (SSSR count). The van der Waals surface area contributed by atoms with Crippen molar-refractivity contribution < 1.29 is 14.3 Å². The highest BCUT2D eigenvalue weighted by molar-refractivity contribution is 9.10. The van der Waals surface area contributed by atoms with E-state index >= 15 is 0 Å². The van der Waals surface area contributed by atoms with Crippen molar-refractivity contribution in [2.24, 2.45) is 0 Å². The van der Waals surface area contributed by atoms with E-state index in [2.05, 4.69) is 21.2 Å². The number of hydrogen-bond acceptors (Lipinski definition) is 4. The van der Waals surface area contributed by atoms with Crippen LogP contribution in [0, 0.1) is 0 Å². The number of methoxy groups -OCH3 is 2. The Morgan fingerprint density at radius 2 is 1.96 bits per heavy atom. The summed E-state index contributed by atoms with van der Waals surface area (Å²) in [4.78, 5) is 14.5. The normalized spacial score (nSPS) is 11.9. The van der Waals surface area contributed by atoms with E-state index in [1.165, 1.54) is 0 Å². The number of benzene rings is 2. The van der Waals surface area contributed by atoms with Gasteiger partial charge in [-0.1, -0.05) is 28.1 Å². The van der Waals surface area contributed by atoms with Gasteiger partial charge < -0.3 is 14.8 Å². The summed E-state index contributed by atoms with van der Waals surface area (Å²) in [7, 11) is 5.16. The summed E-state index contributed by atoms with van der Waals surface area (Å²) < 4.78 is 11.6. The summed E-state index contributed by atoms with van der Waals surface area (Å²) >= 11 is 3.40. The zero-order chi connectivity index (χ0) is 18.4. The summed E-state index contributed by atoms with van der Waals surface area (Å²) in [6, 6.07) is 12.9. The van der Waals surface area contributed by atoms with Crippen molar-refractivity contribution in [1.82, 2.24) is 4.90 Å². The quantitative estimate of drug-likeness (QED) is 0.756. The maximum Gasteiger partial charge on any atom is 0.241 e. The smallest absolute Gasteiger partial charge is 0.241 e. The third kappa shape index (κ3) is 5.21. The first-order valence-corrected chi connectivity index (χ1v) is 8.71. The first-order valence-electron chi connectivity index (χ1n) is 7.92. The number of rotatable bonds is 7. The van der Waals surface area contributed by atoms with E-state index in [0.717, 1.165) is 27.2 Å². The van der Waals surface area contributed by atoms with Crippen LogP contribution < -0.4 is 14.8 Å². The first-order chi connectivity index (χ1) is 11.9. The summed E-state index contributed by atoms with van der Waals surface area (Å²) in [6.45, 7) is 2.46. The van der Waals surface area contributed by atoms with Gasteiger partial charge in [0.15, 0.2) is 0 Å². The predicted octanol–water partition coefficient (Wildman–Crippen LogP) is 3.93. The van der Waals surface area contributed by atoms with Gasteiger partial charge in [0.05, 0.1) is 20.3 Å². The molecular formula is C19H23BrN2O3. The number of carbonyl (C=O) groups is 1. The third-order valence-corrected chi connectivity index (χ3v) is 4.54. The number of hydrogen-bond donors (Lipinski definition) is 1. The highest BCUT2D eigenvalue weighted by atomic mass is 79.9. The molecule has 0 saturated carbocycles. The fraction of sp³-hybridized carbons (Fsp3) is 0.316. The van der Waals surface area contributed by atoms with E-state index in [-0.39, 0.29) is 11.9 Å². The molecule has 0 radical (unpaired) electrons. The standard InChI is InChI=1S/C19H23BrN2O3/c1-13(19(23)21-16-7-5-6-15(20)10-16)22(2)12-14-8-9-17(24-3)11-18(14)25-4/h5-11,13H,12H2,1-4H3,(H,21,23). The molecule has 0 aliphatic carbocycles. The Bertz CT molecular complexity index is 736. The fourth-order valence-electron chi connectivity index (χ4n) is 2.40. The Labute approximate surface area is 157 Å². The zero-order valence-electron chi connectivity index (χ0n) is 14.9. The van der Waals surface area contributed by atoms with Gasteiger partial charge >= 0.3 is 0 Å². The molecule has 0 aliphatic heterocycles. The van der Waals surface area contributed by atoms with Crippen LogP contribution >= 0.6 is 15.9 Å². The van der Waals surface area contributed by atoms with Gasteiger partial charge in [-0.05, 0) is 38.2 Å². The molecule has 2 aromatic carbocycles. The maximum atomic E-state index is 12.5. The van der Waals surface area contributed by atoms with Crippen molar-refractivity contribution in [3.05, 3.63) is 52.5 Å². The lowest BCUT2D eigenvalue weighted by atomic mass is 10.1. The SMILES string of the molecule is COc1ccc(CN(C)C(C)C(=O)Nc2cccc(Br)c2)c(OC)c1. The lowest BCUT2D eigenvalue weighted by Gasteiger charge is -2.25. The number of likely N-dealkylation sites (N-methyl/N-ethyl adjacent to an activating group) is 1. The van der Waals surface area contributed by atoms with Crippen LogP contribution in [0.25, 0.3) is 0 Å². The molecule has 0 aliphatic rings. The fourth-order valence-corrected chi connectivity index (χ4v) is 2.80. The summed E-state index contributed by atoms with van der Waals surface area (Å²) in [5, 5.41) is 2.93. The van der Waals surface area contributed by atoms with Gasteiger partial charge in [-0.15, -0.1) is 0 Å². The summed E-state index contributed by atoms with van der Waals surface area (Å²) in [5.74, 6) is 1.42. The highest BCUT2D eigenvalue weighted by Gasteiger charge is 2.19. The molecule has 1 amide bonds. The predicted molar refractivity (Wildman–Crippen MR) is 103 cm³/mol. The largest absolute Gasteiger partial charge is 0.497 e. The minimum absolute atomic E-state index is 0.0620. The van der Waals surface area contributed by atoms with Crippen LogP contribution in [-0.2, 0) is 11.3 Å². The Morgan fingerprint density at radius 1 is 1.20 bits per heavy atom. The Balaban J connectivity index is 2.04. The molecule has 0 aromatic heterocycles. The van der Waals surface area contributed by atoms with Crippen molar-refractivity contribution >= 4 is 27.5 Å². The van der Waals surface area contributed by atoms with Gasteiger partial charge in [0.25, 0.3) is 0 Å². The minimum Gasteiger partial charge on any atom is -0.497 e. The molecule has 2 aromatic rings. The minimum atomic E-state index is -0.300. The monoisotopic (exact) mass is 406 g/mol. The molecule has 1 unspecified atom stereocenters. The van der Waals surface area contributed by atoms with Gasteiger partial charge in [-0.3, -0.25) is 9.69 Å². The molecule has 0 spiro atoms. The molecule has 6 heteroatoms. The zero-order valence-corrected chi connectivity index (χ0v) is 16.5. The second-order valence-corrected chi connectivity index (χ2v) is 6.68. The molecule has 0 bridgehead atoms. The molecule has 0 fully saturated rings. The van der Waals surface area contributed by atoms with Crippen LogP contribution in [0.2, 0.25) is 0 Å². The molecule has 134 valence electrons. The number of nitrogens with one attached hydrogen (secondary N) is 1. The van der Waals surface area contributed by atoms with Crippen molar-refractivity contribution in [2.75, 3.05) is 26.6 Å². The molecule has 25 heavy (non-hydrogen) atoms. The van der Waals surface area contributed by atoms with E-state index in [1.807, 2.05) is 61.3 Å². The number of carbonyl (C=O) groups excluding carboxylic acids is 1. The van der Waals surface area contributed by atoms with Crippen LogP contribution in [0.1, 0.15) is 12.5 Å². The summed E-state index contributed by atoms with van der Waals surface area (Å²) in [6.07, 6.45) is 0. The molecule has 1 N–H and O–H groups in total. The van der Waals surface area contributed by atoms with Crippen LogP contribution in [0.3, 0.4) is 0 Å². The number of anilines is 1. The van der Waals surface area contributed by atoms with E-state index in [9.17, 15) is 4.79 Å². The van der Waals surface area contributed by atoms with Crippen molar-refractivity contribution in [2.45, 2.75) is 19.5 Å². The van der Waals surface area contributed by atoms with Crippen LogP contribution in [0.5, 0.6) is 11.5 Å². The van der Waals surface area contributed by atoms with Crippen molar-refractivity contribution in [3.63, 3.8) is 0 Å². The van der Waals surface area contributed by atoms with Crippen LogP contribution in [0.15, 0.2) is 46.9 Å². The third-order valence-electron chi connectivity index (χ3n) is 4.05. The van der Waals surface area contributed by atoms with Gasteiger partial charge in [0.2, 0.25) is 5.91 Å². The first kappa shape index (κ1) is 19.3. The molecule has 0 saturated heterocycles. The lowest BCUT2D eigenvalue weighted by Crippen LogP contribution is -2.39. The van der Waals surface area contributed by atoms with Gasteiger partial charge in [-0.2, -0.15) is 0 Å². The molecule has 1 atom stereocenters. The Morgan fingerprint density at radius 3 is 2.60 bits per heavy atom. The van der Waals surface area contributed by atoms with E-state index in [1.54, 1.807) is 14.2 Å².